The van der Waals surface area contributed by atoms with Gasteiger partial charge in [0.15, 0.2) is 0 Å². The Kier molecular flexibility index (Phi) is 3.28. The number of hydrogen-bond acceptors (Lipinski definition) is 5. The summed E-state index contributed by atoms with van der Waals surface area (Å²) in [6.07, 6.45) is 0. The summed E-state index contributed by atoms with van der Waals surface area (Å²) in [6, 6.07) is 6.26. The Balaban J connectivity index is 2.25. The van der Waals surface area contributed by atoms with Crippen molar-refractivity contribution in [1.29, 1.82) is 0 Å². The summed E-state index contributed by atoms with van der Waals surface area (Å²) in [7, 11) is 0. The van der Waals surface area contributed by atoms with Crippen molar-refractivity contribution in [1.82, 2.24) is 14.9 Å². The maximum Gasteiger partial charge on any atom is 0.270 e. The quantitative estimate of drug-likeness (QED) is 0.670. The van der Waals surface area contributed by atoms with E-state index in [0.717, 1.165) is 0 Å². The van der Waals surface area contributed by atoms with Crippen LogP contribution in [0.2, 0.25) is 0 Å². The Labute approximate surface area is 109 Å². The van der Waals surface area contributed by atoms with Crippen LogP contribution in [0.1, 0.15) is 17.2 Å². The highest BCUT2D eigenvalue weighted by atomic mass is 16.6. The molecule has 98 valence electrons. The van der Waals surface area contributed by atoms with Gasteiger partial charge in [-0.3, -0.25) is 15.5 Å². The highest BCUT2D eigenvalue weighted by Gasteiger charge is 2.10. The van der Waals surface area contributed by atoms with Gasteiger partial charge in [0, 0.05) is 17.7 Å². The third kappa shape index (κ3) is 2.59. The molecule has 1 heterocycles. The van der Waals surface area contributed by atoms with Gasteiger partial charge < -0.3 is 0 Å². The van der Waals surface area contributed by atoms with Crippen LogP contribution in [0.25, 0.3) is 5.70 Å². The Morgan fingerprint density at radius 1 is 1.37 bits per heavy atom. The second-order valence-corrected chi connectivity index (χ2v) is 4.03. The number of nitrogens with zero attached hydrogens (tertiary/aromatic N) is 4. The first-order valence-corrected chi connectivity index (χ1v) is 5.58. The molecule has 0 radical (unpaired) electrons. The first kappa shape index (κ1) is 12.7. The van der Waals surface area contributed by atoms with Gasteiger partial charge >= 0.3 is 0 Å². The molecule has 0 amide bonds. The standard InChI is InChI=1S/C12H13N5O2/c1-8(15-16-9(2)13-14-10(16)3)11-5-4-6-12(7-11)17(18)19/h4-7,15H,1H2,2-3H3. The summed E-state index contributed by atoms with van der Waals surface area (Å²) in [5, 5.41) is 18.6. The fourth-order valence-corrected chi connectivity index (χ4v) is 1.64. The topological polar surface area (TPSA) is 85.9 Å². The molecule has 0 aliphatic heterocycles. The van der Waals surface area contributed by atoms with Gasteiger partial charge in [0.25, 0.3) is 5.69 Å². The number of nitro benzene ring substituents is 1. The van der Waals surface area contributed by atoms with Gasteiger partial charge in [-0.1, -0.05) is 18.7 Å². The summed E-state index contributed by atoms with van der Waals surface area (Å²) in [6.45, 7) is 7.47. The maximum atomic E-state index is 10.7. The van der Waals surface area contributed by atoms with E-state index in [1.165, 1.54) is 12.1 Å². The van der Waals surface area contributed by atoms with E-state index < -0.39 is 4.92 Å². The third-order valence-corrected chi connectivity index (χ3v) is 2.64. The molecule has 2 aromatic rings. The van der Waals surface area contributed by atoms with E-state index >= 15 is 0 Å². The van der Waals surface area contributed by atoms with Crippen molar-refractivity contribution in [3.63, 3.8) is 0 Å². The second-order valence-electron chi connectivity index (χ2n) is 4.03. The molecule has 0 bridgehead atoms. The Morgan fingerprint density at radius 3 is 2.58 bits per heavy atom. The highest BCUT2D eigenvalue weighted by molar-refractivity contribution is 5.68. The molecule has 0 aliphatic rings. The van der Waals surface area contributed by atoms with E-state index in [9.17, 15) is 10.1 Å². The summed E-state index contributed by atoms with van der Waals surface area (Å²) in [5.41, 5.74) is 4.22. The zero-order valence-corrected chi connectivity index (χ0v) is 10.6. The fraction of sp³-hybridized carbons (Fsp3) is 0.167. The summed E-state index contributed by atoms with van der Waals surface area (Å²) in [5.74, 6) is 1.37. The summed E-state index contributed by atoms with van der Waals surface area (Å²) in [4.78, 5) is 10.3. The van der Waals surface area contributed by atoms with Gasteiger partial charge in [-0.2, -0.15) is 0 Å². The van der Waals surface area contributed by atoms with Crippen molar-refractivity contribution in [2.45, 2.75) is 13.8 Å². The number of hydrogen-bond donors (Lipinski definition) is 1. The molecule has 0 unspecified atom stereocenters. The van der Waals surface area contributed by atoms with E-state index in [1.54, 1.807) is 30.7 Å². The van der Waals surface area contributed by atoms with Gasteiger partial charge in [0.05, 0.1) is 10.6 Å². The van der Waals surface area contributed by atoms with Crippen LogP contribution in [0.3, 0.4) is 0 Å². The van der Waals surface area contributed by atoms with Crippen molar-refractivity contribution >= 4 is 11.4 Å². The highest BCUT2D eigenvalue weighted by Crippen LogP contribution is 2.18. The van der Waals surface area contributed by atoms with Gasteiger partial charge in [-0.15, -0.1) is 10.2 Å². The Hall–Kier alpha value is -2.70. The van der Waals surface area contributed by atoms with E-state index in [1.807, 2.05) is 0 Å². The molecule has 2 rings (SSSR count). The van der Waals surface area contributed by atoms with Crippen molar-refractivity contribution in [3.05, 3.63) is 58.2 Å². The molecule has 0 atom stereocenters. The predicted molar refractivity (Wildman–Crippen MR) is 71.0 cm³/mol. The first-order valence-electron chi connectivity index (χ1n) is 5.58. The number of rotatable bonds is 4. The predicted octanol–water partition coefficient (Wildman–Crippen LogP) is 2.02. The molecule has 1 aromatic carbocycles. The molecule has 0 saturated heterocycles. The molecule has 0 spiro atoms. The lowest BCUT2D eigenvalue weighted by Crippen LogP contribution is -2.16. The Bertz CT molecular complexity index is 628. The molecule has 1 N–H and O–H groups in total. The first-order chi connectivity index (χ1) is 8.99. The summed E-state index contributed by atoms with van der Waals surface area (Å²) < 4.78 is 1.67. The summed E-state index contributed by atoms with van der Waals surface area (Å²) >= 11 is 0. The van der Waals surface area contributed by atoms with Crippen LogP contribution >= 0.6 is 0 Å². The van der Waals surface area contributed by atoms with Crippen molar-refractivity contribution < 1.29 is 4.92 Å². The lowest BCUT2D eigenvalue weighted by molar-refractivity contribution is -0.384. The van der Waals surface area contributed by atoms with Gasteiger partial charge in [0.1, 0.15) is 11.6 Å². The van der Waals surface area contributed by atoms with Crippen molar-refractivity contribution in [2.24, 2.45) is 0 Å². The minimum absolute atomic E-state index is 0.0256. The zero-order chi connectivity index (χ0) is 14.0. The number of nitro groups is 1. The van der Waals surface area contributed by atoms with Crippen LogP contribution in [0.15, 0.2) is 30.8 Å². The van der Waals surface area contributed by atoms with Crippen LogP contribution in [0.4, 0.5) is 5.69 Å². The molecule has 0 fully saturated rings. The van der Waals surface area contributed by atoms with Crippen LogP contribution in [0, 0.1) is 24.0 Å². The second kappa shape index (κ2) is 4.89. The average Bonchev–Trinajstić information content (AvgIpc) is 2.70. The molecule has 1 aromatic heterocycles. The average molecular weight is 259 g/mol. The lowest BCUT2D eigenvalue weighted by atomic mass is 10.1. The molecule has 0 saturated carbocycles. The largest absolute Gasteiger partial charge is 0.291 e. The number of aromatic nitrogens is 3. The molecular formula is C12H13N5O2. The number of nitrogens with one attached hydrogen (secondary N) is 1. The van der Waals surface area contributed by atoms with Crippen LogP contribution < -0.4 is 5.43 Å². The SMILES string of the molecule is C=C(Nn1c(C)nnc1C)c1cccc([N+](=O)[O-])c1. The fourth-order valence-electron chi connectivity index (χ4n) is 1.64. The van der Waals surface area contributed by atoms with E-state index in [2.05, 4.69) is 22.2 Å². The smallest absolute Gasteiger partial charge is 0.270 e. The van der Waals surface area contributed by atoms with Crippen molar-refractivity contribution in [3.8, 4) is 0 Å². The number of aryl methyl sites for hydroxylation is 2. The molecule has 0 aliphatic carbocycles. The minimum Gasteiger partial charge on any atom is -0.291 e. The van der Waals surface area contributed by atoms with E-state index in [0.29, 0.717) is 22.9 Å². The molecule has 7 heteroatoms. The van der Waals surface area contributed by atoms with Gasteiger partial charge in [-0.05, 0) is 13.8 Å². The van der Waals surface area contributed by atoms with E-state index in [4.69, 9.17) is 0 Å². The number of benzene rings is 1. The lowest BCUT2D eigenvalue weighted by Gasteiger charge is -2.12. The number of non-ortho nitro benzene ring substituents is 1. The van der Waals surface area contributed by atoms with Crippen LogP contribution in [-0.2, 0) is 0 Å². The zero-order valence-electron chi connectivity index (χ0n) is 10.6. The van der Waals surface area contributed by atoms with Gasteiger partial charge in [0.2, 0.25) is 0 Å². The third-order valence-electron chi connectivity index (χ3n) is 2.64. The molecule has 19 heavy (non-hydrogen) atoms. The minimum atomic E-state index is -0.438. The molecule has 7 nitrogen and oxygen atoms in total. The van der Waals surface area contributed by atoms with Crippen molar-refractivity contribution in [2.75, 3.05) is 5.43 Å². The van der Waals surface area contributed by atoms with Crippen LogP contribution in [-0.4, -0.2) is 19.8 Å². The Morgan fingerprint density at radius 2 is 2.00 bits per heavy atom. The van der Waals surface area contributed by atoms with Crippen LogP contribution in [0.5, 0.6) is 0 Å². The maximum absolute atomic E-state index is 10.7. The van der Waals surface area contributed by atoms with E-state index in [-0.39, 0.29) is 5.69 Å². The van der Waals surface area contributed by atoms with Gasteiger partial charge in [-0.25, -0.2) is 4.68 Å². The normalized spacial score (nSPS) is 10.2. The molecular weight excluding hydrogens is 246 g/mol. The monoisotopic (exact) mass is 259 g/mol.